The van der Waals surface area contributed by atoms with E-state index in [1.165, 1.54) is 6.08 Å². The number of hydrogen-bond acceptors (Lipinski definition) is 4. The highest BCUT2D eigenvalue weighted by molar-refractivity contribution is 6.02. The van der Waals surface area contributed by atoms with Crippen LogP contribution in [0.5, 0.6) is 5.75 Å². The van der Waals surface area contributed by atoms with E-state index in [4.69, 9.17) is 0 Å². The Labute approximate surface area is 164 Å². The fourth-order valence-electron chi connectivity index (χ4n) is 3.06. The van der Waals surface area contributed by atoms with Gasteiger partial charge in [0.2, 0.25) is 0 Å². The number of carbonyl (C=O) groups excluding carboxylic acids is 1. The number of aromatic hydroxyl groups is 1. The second-order valence-electron chi connectivity index (χ2n) is 6.48. The number of phenols is 1. The summed E-state index contributed by atoms with van der Waals surface area (Å²) in [7, 11) is 0. The second kappa shape index (κ2) is 8.83. The van der Waals surface area contributed by atoms with Crippen molar-refractivity contribution in [2.24, 2.45) is 0 Å². The minimum atomic E-state index is -0.441. The van der Waals surface area contributed by atoms with Crippen LogP contribution in [0.4, 0.5) is 0 Å². The molecule has 0 saturated carbocycles. The molecule has 0 bridgehead atoms. The molecule has 1 aromatic heterocycles. The van der Waals surface area contributed by atoms with Crippen molar-refractivity contribution in [2.75, 3.05) is 0 Å². The van der Waals surface area contributed by atoms with Crippen LogP contribution < -0.4 is 5.32 Å². The maximum absolute atomic E-state index is 12.7. The summed E-state index contributed by atoms with van der Waals surface area (Å²) in [6, 6.07) is 20.1. The van der Waals surface area contributed by atoms with Gasteiger partial charge >= 0.3 is 0 Å². The molecular weight excluding hydrogens is 350 g/mol. The summed E-state index contributed by atoms with van der Waals surface area (Å²) in [5, 5.41) is 23.2. The molecule has 0 aliphatic heterocycles. The molecule has 1 amide bonds. The van der Waals surface area contributed by atoms with E-state index >= 15 is 0 Å². The van der Waals surface area contributed by atoms with E-state index in [1.54, 1.807) is 24.3 Å². The van der Waals surface area contributed by atoms with Crippen molar-refractivity contribution in [3.05, 3.63) is 77.5 Å². The van der Waals surface area contributed by atoms with Crippen LogP contribution in [0.2, 0.25) is 0 Å². The van der Waals surface area contributed by atoms with Crippen molar-refractivity contribution in [3.8, 4) is 11.8 Å². The van der Waals surface area contributed by atoms with Gasteiger partial charge in [-0.2, -0.15) is 5.26 Å². The zero-order valence-corrected chi connectivity index (χ0v) is 15.6. The number of benzene rings is 2. The van der Waals surface area contributed by atoms with Crippen LogP contribution >= 0.6 is 0 Å². The Balaban J connectivity index is 1.86. The molecule has 3 aromatic rings. The summed E-state index contributed by atoms with van der Waals surface area (Å²) in [6.45, 7) is 2.05. The number of fused-ring (bicyclic) bond motifs is 1. The molecule has 5 heteroatoms. The van der Waals surface area contributed by atoms with E-state index in [-0.39, 0.29) is 17.4 Å². The van der Waals surface area contributed by atoms with Crippen molar-refractivity contribution < 1.29 is 9.90 Å². The Morgan fingerprint density at radius 3 is 2.68 bits per heavy atom. The van der Waals surface area contributed by atoms with Gasteiger partial charge in [0.1, 0.15) is 22.9 Å². The highest BCUT2D eigenvalue weighted by Crippen LogP contribution is 2.23. The van der Waals surface area contributed by atoms with Crippen molar-refractivity contribution >= 4 is 22.9 Å². The molecule has 2 aromatic carbocycles. The molecule has 3 rings (SSSR count). The maximum Gasteiger partial charge on any atom is 0.262 e. The van der Waals surface area contributed by atoms with Crippen molar-refractivity contribution in [2.45, 2.75) is 25.8 Å². The Bertz CT molecular complexity index is 1050. The standard InChI is InChI=1S/C23H21N3O2/c1-2-7-20(16-8-4-3-5-9-16)26-23(28)18(15-24)14-19-13-12-17-10-6-11-21(27)22(17)25-19/h3-6,8-14,20,27H,2,7H2,1H3,(H,26,28). The molecule has 28 heavy (non-hydrogen) atoms. The minimum Gasteiger partial charge on any atom is -0.506 e. The van der Waals surface area contributed by atoms with Crippen LogP contribution in [-0.4, -0.2) is 16.0 Å². The lowest BCUT2D eigenvalue weighted by Crippen LogP contribution is -2.29. The van der Waals surface area contributed by atoms with Crippen LogP contribution in [-0.2, 0) is 4.79 Å². The first-order valence-corrected chi connectivity index (χ1v) is 9.18. The van der Waals surface area contributed by atoms with E-state index in [2.05, 4.69) is 17.2 Å². The molecule has 0 aliphatic rings. The fourth-order valence-corrected chi connectivity index (χ4v) is 3.06. The normalized spacial score (nSPS) is 12.4. The molecule has 140 valence electrons. The lowest BCUT2D eigenvalue weighted by Gasteiger charge is -2.18. The van der Waals surface area contributed by atoms with Gasteiger partial charge in [-0.15, -0.1) is 0 Å². The molecule has 0 spiro atoms. The maximum atomic E-state index is 12.7. The topological polar surface area (TPSA) is 86.0 Å². The Morgan fingerprint density at radius 2 is 1.96 bits per heavy atom. The number of carbonyl (C=O) groups is 1. The SMILES string of the molecule is CCCC(NC(=O)C(C#N)=Cc1ccc2cccc(O)c2n1)c1ccccc1. The third-order valence-electron chi connectivity index (χ3n) is 4.46. The molecule has 0 saturated heterocycles. The second-order valence-corrected chi connectivity index (χ2v) is 6.48. The van der Waals surface area contributed by atoms with Gasteiger partial charge in [0.05, 0.1) is 11.7 Å². The molecule has 5 nitrogen and oxygen atoms in total. The lowest BCUT2D eigenvalue weighted by molar-refractivity contribution is -0.117. The van der Waals surface area contributed by atoms with Gasteiger partial charge in [-0.3, -0.25) is 4.79 Å². The van der Waals surface area contributed by atoms with Crippen LogP contribution in [0.25, 0.3) is 17.0 Å². The number of amides is 1. The van der Waals surface area contributed by atoms with Crippen molar-refractivity contribution in [3.63, 3.8) is 0 Å². The number of nitrogens with zero attached hydrogens (tertiary/aromatic N) is 2. The van der Waals surface area contributed by atoms with Gasteiger partial charge < -0.3 is 10.4 Å². The van der Waals surface area contributed by atoms with E-state index in [0.717, 1.165) is 23.8 Å². The smallest absolute Gasteiger partial charge is 0.262 e. The van der Waals surface area contributed by atoms with Gasteiger partial charge in [-0.05, 0) is 30.2 Å². The number of nitrogens with one attached hydrogen (secondary N) is 1. The largest absolute Gasteiger partial charge is 0.506 e. The predicted molar refractivity (Wildman–Crippen MR) is 109 cm³/mol. The molecule has 2 N–H and O–H groups in total. The van der Waals surface area contributed by atoms with E-state index < -0.39 is 5.91 Å². The average molecular weight is 371 g/mol. The number of nitriles is 1. The highest BCUT2D eigenvalue weighted by Gasteiger charge is 2.17. The van der Waals surface area contributed by atoms with Gasteiger partial charge in [-0.1, -0.05) is 61.9 Å². The van der Waals surface area contributed by atoms with Crippen LogP contribution in [0.3, 0.4) is 0 Å². The van der Waals surface area contributed by atoms with Gasteiger partial charge in [0.25, 0.3) is 5.91 Å². The van der Waals surface area contributed by atoms with E-state index in [0.29, 0.717) is 11.2 Å². The Morgan fingerprint density at radius 1 is 1.18 bits per heavy atom. The third kappa shape index (κ3) is 4.36. The number of para-hydroxylation sites is 1. The predicted octanol–water partition coefficient (Wildman–Crippen LogP) is 4.50. The summed E-state index contributed by atoms with van der Waals surface area (Å²) < 4.78 is 0. The van der Waals surface area contributed by atoms with Crippen LogP contribution in [0, 0.1) is 11.3 Å². The molecular formula is C23H21N3O2. The van der Waals surface area contributed by atoms with Gasteiger partial charge in [0, 0.05) is 5.39 Å². The molecule has 0 radical (unpaired) electrons. The molecule has 0 aliphatic carbocycles. The Hall–Kier alpha value is -3.65. The summed E-state index contributed by atoms with van der Waals surface area (Å²) >= 11 is 0. The molecule has 1 atom stereocenters. The van der Waals surface area contributed by atoms with Crippen molar-refractivity contribution in [1.82, 2.24) is 10.3 Å². The van der Waals surface area contributed by atoms with Gasteiger partial charge in [-0.25, -0.2) is 4.98 Å². The number of pyridine rings is 1. The Kier molecular flexibility index (Phi) is 6.03. The summed E-state index contributed by atoms with van der Waals surface area (Å²) in [4.78, 5) is 17.0. The fraction of sp³-hybridized carbons (Fsp3) is 0.174. The lowest BCUT2D eigenvalue weighted by atomic mass is 10.0. The number of hydrogen-bond donors (Lipinski definition) is 2. The first-order chi connectivity index (χ1) is 13.6. The summed E-state index contributed by atoms with van der Waals surface area (Å²) in [6.07, 6.45) is 3.11. The zero-order chi connectivity index (χ0) is 19.9. The van der Waals surface area contributed by atoms with Crippen LogP contribution in [0.15, 0.2) is 66.2 Å². The quantitative estimate of drug-likeness (QED) is 0.493. The zero-order valence-electron chi connectivity index (χ0n) is 15.6. The monoisotopic (exact) mass is 371 g/mol. The van der Waals surface area contributed by atoms with Crippen molar-refractivity contribution in [1.29, 1.82) is 5.26 Å². The van der Waals surface area contributed by atoms with E-state index in [9.17, 15) is 15.2 Å². The van der Waals surface area contributed by atoms with E-state index in [1.807, 2.05) is 42.5 Å². The number of aromatic nitrogens is 1. The first-order valence-electron chi connectivity index (χ1n) is 9.18. The molecule has 0 fully saturated rings. The number of rotatable bonds is 6. The van der Waals surface area contributed by atoms with Crippen LogP contribution in [0.1, 0.15) is 37.1 Å². The summed E-state index contributed by atoms with van der Waals surface area (Å²) in [5.41, 5.74) is 1.84. The van der Waals surface area contributed by atoms with Gasteiger partial charge in [0.15, 0.2) is 0 Å². The summed E-state index contributed by atoms with van der Waals surface area (Å²) in [5.74, 6) is -0.383. The molecule has 1 unspecified atom stereocenters. The minimum absolute atomic E-state index is 0.0284. The molecule has 1 heterocycles. The average Bonchev–Trinajstić information content (AvgIpc) is 2.72. The number of phenolic OH excluding ortho intramolecular Hbond substituents is 1. The first kappa shape index (κ1) is 19.1. The third-order valence-corrected chi connectivity index (χ3v) is 4.46. The highest BCUT2D eigenvalue weighted by atomic mass is 16.3.